The molecular weight excluding hydrogens is 323 g/mol. The van der Waals surface area contributed by atoms with Crippen molar-refractivity contribution in [3.63, 3.8) is 0 Å². The summed E-state index contributed by atoms with van der Waals surface area (Å²) in [5.41, 5.74) is 0.533. The molecule has 25 heavy (non-hydrogen) atoms. The lowest BCUT2D eigenvalue weighted by Gasteiger charge is -2.12. The largest absolute Gasteiger partial charge is 0.337 e. The van der Waals surface area contributed by atoms with Crippen molar-refractivity contribution in [2.45, 2.75) is 39.3 Å². The summed E-state index contributed by atoms with van der Waals surface area (Å²) in [6.45, 7) is 3.09. The van der Waals surface area contributed by atoms with Crippen molar-refractivity contribution in [2.75, 3.05) is 0 Å². The first-order chi connectivity index (χ1) is 12.1. The third kappa shape index (κ3) is 2.69. The van der Waals surface area contributed by atoms with Crippen molar-refractivity contribution < 1.29 is 4.39 Å². The number of hydrogen-bond donors (Lipinski definition) is 0. The zero-order chi connectivity index (χ0) is 17.6. The van der Waals surface area contributed by atoms with Crippen LogP contribution in [0.25, 0.3) is 16.9 Å². The third-order valence-electron chi connectivity index (χ3n) is 4.59. The molecular formula is C18H19FN4O2. The fourth-order valence-corrected chi connectivity index (χ4v) is 3.13. The number of rotatable bonds is 5. The molecule has 0 radical (unpaired) electrons. The molecule has 6 nitrogen and oxygen atoms in total. The summed E-state index contributed by atoms with van der Waals surface area (Å²) in [4.78, 5) is 30.3. The number of nitrogens with zero attached hydrogens (tertiary/aromatic N) is 4. The molecule has 1 fully saturated rings. The number of halogens is 1. The van der Waals surface area contributed by atoms with Gasteiger partial charge in [0.05, 0.1) is 12.0 Å². The second kappa shape index (κ2) is 5.98. The lowest BCUT2D eigenvalue weighted by Crippen LogP contribution is -2.40. The lowest BCUT2D eigenvalue weighted by atomic mass is 10.3. The molecule has 4 rings (SSSR count). The minimum atomic E-state index is -0.419. The van der Waals surface area contributed by atoms with Crippen LogP contribution in [0, 0.1) is 11.7 Å². The van der Waals surface area contributed by atoms with Crippen molar-refractivity contribution in [3.8, 4) is 5.69 Å². The summed E-state index contributed by atoms with van der Waals surface area (Å²) in [7, 11) is 0. The molecule has 1 aromatic carbocycles. The molecule has 0 aliphatic heterocycles. The van der Waals surface area contributed by atoms with Crippen LogP contribution in [0.3, 0.4) is 0 Å². The first-order valence-electron chi connectivity index (χ1n) is 8.56. The smallest absolute Gasteiger partial charge is 0.325 e. The Hall–Kier alpha value is -2.70. The molecule has 0 atom stereocenters. The van der Waals surface area contributed by atoms with Crippen LogP contribution in [0.5, 0.6) is 0 Å². The van der Waals surface area contributed by atoms with E-state index in [9.17, 15) is 14.0 Å². The fourth-order valence-electron chi connectivity index (χ4n) is 3.13. The highest BCUT2D eigenvalue weighted by Crippen LogP contribution is 2.29. The number of aryl methyl sites for hydroxylation is 1. The monoisotopic (exact) mass is 342 g/mol. The number of imidazole rings is 1. The Kier molecular flexibility index (Phi) is 3.78. The third-order valence-corrected chi connectivity index (χ3v) is 4.59. The van der Waals surface area contributed by atoms with Gasteiger partial charge in [-0.1, -0.05) is 6.92 Å². The van der Waals surface area contributed by atoms with Gasteiger partial charge in [0, 0.05) is 13.1 Å². The number of fused-ring (bicyclic) bond motifs is 1. The maximum atomic E-state index is 13.3. The van der Waals surface area contributed by atoms with Crippen LogP contribution in [0.1, 0.15) is 26.2 Å². The summed E-state index contributed by atoms with van der Waals surface area (Å²) < 4.78 is 17.8. The van der Waals surface area contributed by atoms with Gasteiger partial charge < -0.3 is 4.57 Å². The summed E-state index contributed by atoms with van der Waals surface area (Å²) in [5.74, 6) is 0.00271. The normalized spacial score (nSPS) is 14.3. The summed E-state index contributed by atoms with van der Waals surface area (Å²) in [5, 5.41) is 0. The molecule has 1 saturated carbocycles. The van der Waals surface area contributed by atoms with Crippen LogP contribution < -0.4 is 11.2 Å². The number of hydrogen-bond acceptors (Lipinski definition) is 3. The van der Waals surface area contributed by atoms with Crippen molar-refractivity contribution in [3.05, 3.63) is 57.2 Å². The number of benzene rings is 1. The standard InChI is InChI=1S/C18H19FN4O2/c1-2-9-21-11-20-16-15(21)17(24)22(10-12-3-4-12)18(25)23(16)14-7-5-13(19)6-8-14/h5-8,11-12H,2-4,9-10H2,1H3. The second-order valence-corrected chi connectivity index (χ2v) is 6.56. The molecule has 2 heterocycles. The van der Waals surface area contributed by atoms with E-state index < -0.39 is 5.69 Å². The Morgan fingerprint density at radius 3 is 2.56 bits per heavy atom. The maximum absolute atomic E-state index is 13.3. The predicted molar refractivity (Wildman–Crippen MR) is 92.6 cm³/mol. The zero-order valence-corrected chi connectivity index (χ0v) is 14.0. The first kappa shape index (κ1) is 15.8. The van der Waals surface area contributed by atoms with Gasteiger partial charge in [-0.3, -0.25) is 9.36 Å². The molecule has 130 valence electrons. The first-order valence-corrected chi connectivity index (χ1v) is 8.56. The topological polar surface area (TPSA) is 61.8 Å². The Balaban J connectivity index is 2.04. The molecule has 0 N–H and O–H groups in total. The van der Waals surface area contributed by atoms with Crippen molar-refractivity contribution in [1.29, 1.82) is 0 Å². The molecule has 0 spiro atoms. The lowest BCUT2D eigenvalue weighted by molar-refractivity contribution is 0.565. The molecule has 7 heteroatoms. The molecule has 3 aromatic rings. The van der Waals surface area contributed by atoms with E-state index in [1.165, 1.54) is 33.4 Å². The second-order valence-electron chi connectivity index (χ2n) is 6.56. The van der Waals surface area contributed by atoms with Crippen LogP contribution in [0.15, 0.2) is 40.2 Å². The van der Waals surface area contributed by atoms with E-state index >= 15 is 0 Å². The Morgan fingerprint density at radius 1 is 1.20 bits per heavy atom. The average molecular weight is 342 g/mol. The van der Waals surface area contributed by atoms with E-state index in [-0.39, 0.29) is 11.4 Å². The summed E-state index contributed by atoms with van der Waals surface area (Å²) in [6.07, 6.45) is 4.52. The molecule has 0 bridgehead atoms. The number of aromatic nitrogens is 4. The fraction of sp³-hybridized carbons (Fsp3) is 0.389. The SMILES string of the molecule is CCCn1cnc2c1c(=O)n(CC1CC1)c(=O)n2-c1ccc(F)cc1. The highest BCUT2D eigenvalue weighted by Gasteiger charge is 2.26. The van der Waals surface area contributed by atoms with Gasteiger partial charge in [-0.05, 0) is 49.4 Å². The van der Waals surface area contributed by atoms with Crippen molar-refractivity contribution in [2.24, 2.45) is 5.92 Å². The predicted octanol–water partition coefficient (Wildman–Crippen LogP) is 2.31. The van der Waals surface area contributed by atoms with Gasteiger partial charge in [0.1, 0.15) is 5.82 Å². The summed E-state index contributed by atoms with van der Waals surface area (Å²) >= 11 is 0. The Labute approximate surface area is 143 Å². The maximum Gasteiger partial charge on any atom is 0.337 e. The van der Waals surface area contributed by atoms with Crippen LogP contribution in [-0.2, 0) is 13.1 Å². The average Bonchev–Trinajstić information content (AvgIpc) is 3.33. The molecule has 0 unspecified atom stereocenters. The Bertz CT molecular complexity index is 1040. The molecule has 2 aromatic heterocycles. The van der Waals surface area contributed by atoms with Gasteiger partial charge in [0.25, 0.3) is 5.56 Å². The van der Waals surface area contributed by atoms with Gasteiger partial charge in [-0.15, -0.1) is 0 Å². The zero-order valence-electron chi connectivity index (χ0n) is 14.0. The summed E-state index contributed by atoms with van der Waals surface area (Å²) in [6, 6.07) is 5.65. The van der Waals surface area contributed by atoms with Gasteiger partial charge in [0.15, 0.2) is 11.2 Å². The Morgan fingerprint density at radius 2 is 1.92 bits per heavy atom. The van der Waals surface area contributed by atoms with E-state index in [1.54, 1.807) is 10.9 Å². The molecule has 1 aliphatic rings. The highest BCUT2D eigenvalue weighted by molar-refractivity contribution is 5.72. The minimum absolute atomic E-state index is 0.295. The van der Waals surface area contributed by atoms with E-state index in [1.807, 2.05) is 6.92 Å². The minimum Gasteiger partial charge on any atom is -0.325 e. The van der Waals surface area contributed by atoms with Crippen molar-refractivity contribution >= 4 is 11.2 Å². The van der Waals surface area contributed by atoms with E-state index in [4.69, 9.17) is 0 Å². The van der Waals surface area contributed by atoms with Crippen molar-refractivity contribution in [1.82, 2.24) is 18.7 Å². The van der Waals surface area contributed by atoms with Gasteiger partial charge in [-0.2, -0.15) is 0 Å². The highest BCUT2D eigenvalue weighted by atomic mass is 19.1. The van der Waals surface area contributed by atoms with Gasteiger partial charge in [0.2, 0.25) is 0 Å². The van der Waals surface area contributed by atoms with Crippen LogP contribution >= 0.6 is 0 Å². The van der Waals surface area contributed by atoms with E-state index in [0.29, 0.717) is 35.9 Å². The molecule has 0 saturated heterocycles. The van der Waals surface area contributed by atoms with Crippen LogP contribution in [0.2, 0.25) is 0 Å². The molecule has 0 amide bonds. The van der Waals surface area contributed by atoms with E-state index in [0.717, 1.165) is 19.3 Å². The van der Waals surface area contributed by atoms with Crippen LogP contribution in [0.4, 0.5) is 4.39 Å². The quantitative estimate of drug-likeness (QED) is 0.715. The van der Waals surface area contributed by atoms with Gasteiger partial charge in [-0.25, -0.2) is 18.7 Å². The molecule has 1 aliphatic carbocycles. The van der Waals surface area contributed by atoms with Crippen LogP contribution in [-0.4, -0.2) is 18.7 Å². The van der Waals surface area contributed by atoms with Gasteiger partial charge >= 0.3 is 5.69 Å². The van der Waals surface area contributed by atoms with E-state index in [2.05, 4.69) is 4.98 Å².